The molecule has 0 saturated carbocycles. The lowest BCUT2D eigenvalue weighted by atomic mass is 9.90. The molecule has 104 valence electrons. The van der Waals surface area contributed by atoms with Crippen LogP contribution in [0, 0.1) is 11.8 Å². The molecule has 0 aliphatic rings. The highest BCUT2D eigenvalue weighted by atomic mass is 16.4. The molecule has 7 nitrogen and oxygen atoms in total. The fourth-order valence-corrected chi connectivity index (χ4v) is 1.32. The summed E-state index contributed by atoms with van der Waals surface area (Å²) < 4.78 is 0. The van der Waals surface area contributed by atoms with Crippen LogP contribution >= 0.6 is 0 Å². The molecule has 0 spiro atoms. The van der Waals surface area contributed by atoms with E-state index in [-0.39, 0.29) is 6.42 Å². The minimum absolute atomic E-state index is 0.0292. The second-order valence-electron chi connectivity index (χ2n) is 3.53. The summed E-state index contributed by atoms with van der Waals surface area (Å²) in [4.78, 5) is 35.0. The number of hydrogen-bond acceptors (Lipinski definition) is 4. The van der Waals surface area contributed by atoms with Crippen LogP contribution in [0.2, 0.25) is 0 Å². The quantitative estimate of drug-likeness (QED) is 0.680. The monoisotopic (exact) mass is 269 g/mol. The van der Waals surface area contributed by atoms with Crippen LogP contribution in [-0.2, 0) is 14.4 Å². The number of carbonyl (C=O) groups is 3. The average Bonchev–Trinajstić information content (AvgIpc) is 2.37. The van der Waals surface area contributed by atoms with E-state index in [0.717, 1.165) is 0 Å². The highest BCUT2D eigenvalue weighted by Crippen LogP contribution is 2.16. The number of rotatable bonds is 5. The first kappa shape index (κ1) is 16.6. The van der Waals surface area contributed by atoms with E-state index in [0.29, 0.717) is 0 Å². The van der Waals surface area contributed by atoms with Crippen molar-refractivity contribution in [2.45, 2.75) is 13.3 Å². The number of carboxylic acid groups (broad SMARTS) is 3. The highest BCUT2D eigenvalue weighted by molar-refractivity contribution is 5.97. The van der Waals surface area contributed by atoms with Crippen molar-refractivity contribution in [2.75, 3.05) is 0 Å². The van der Waals surface area contributed by atoms with Crippen LogP contribution in [0.3, 0.4) is 0 Å². The van der Waals surface area contributed by atoms with Crippen molar-refractivity contribution in [3.63, 3.8) is 0 Å². The zero-order chi connectivity index (χ0) is 14.8. The average molecular weight is 269 g/mol. The normalized spacial score (nSPS) is 11.1. The SMILES string of the molecule is CCC(C(=O)O)C(C(=O)O)C(=O)O.c1ccncc1. The maximum Gasteiger partial charge on any atom is 0.318 e. The van der Waals surface area contributed by atoms with E-state index in [1.165, 1.54) is 6.92 Å². The van der Waals surface area contributed by atoms with Crippen LogP contribution in [0.5, 0.6) is 0 Å². The Morgan fingerprint density at radius 3 is 1.53 bits per heavy atom. The highest BCUT2D eigenvalue weighted by Gasteiger charge is 2.38. The van der Waals surface area contributed by atoms with Crippen LogP contribution in [0.4, 0.5) is 0 Å². The van der Waals surface area contributed by atoms with E-state index in [4.69, 9.17) is 15.3 Å². The summed E-state index contributed by atoms with van der Waals surface area (Å²) >= 11 is 0. The Morgan fingerprint density at radius 2 is 1.42 bits per heavy atom. The number of aromatic nitrogens is 1. The smallest absolute Gasteiger partial charge is 0.318 e. The summed E-state index contributed by atoms with van der Waals surface area (Å²) in [5.74, 6) is -7.90. The van der Waals surface area contributed by atoms with Crippen LogP contribution < -0.4 is 0 Å². The minimum atomic E-state index is -1.87. The summed E-state index contributed by atoms with van der Waals surface area (Å²) in [6.07, 6.45) is 3.47. The minimum Gasteiger partial charge on any atom is -0.481 e. The second kappa shape index (κ2) is 8.62. The van der Waals surface area contributed by atoms with Gasteiger partial charge in [-0.1, -0.05) is 13.0 Å². The molecule has 3 N–H and O–H groups in total. The second-order valence-corrected chi connectivity index (χ2v) is 3.53. The molecule has 1 aromatic rings. The van der Waals surface area contributed by atoms with E-state index in [2.05, 4.69) is 4.98 Å². The van der Waals surface area contributed by atoms with Gasteiger partial charge >= 0.3 is 17.9 Å². The van der Waals surface area contributed by atoms with Crippen molar-refractivity contribution >= 4 is 17.9 Å². The Balaban J connectivity index is 0.000000443. The number of pyridine rings is 1. The predicted octanol–water partition coefficient (Wildman–Crippen LogP) is 0.964. The summed E-state index contributed by atoms with van der Waals surface area (Å²) in [5, 5.41) is 25.4. The molecular weight excluding hydrogens is 254 g/mol. The molecule has 1 atom stereocenters. The van der Waals surface area contributed by atoms with Crippen molar-refractivity contribution in [3.05, 3.63) is 30.6 Å². The van der Waals surface area contributed by atoms with Crippen LogP contribution in [0.15, 0.2) is 30.6 Å². The molecule has 0 aromatic carbocycles. The molecule has 0 aliphatic heterocycles. The largest absolute Gasteiger partial charge is 0.481 e. The number of hydrogen-bond donors (Lipinski definition) is 3. The molecule has 1 heterocycles. The van der Waals surface area contributed by atoms with Crippen molar-refractivity contribution in [3.8, 4) is 0 Å². The van der Waals surface area contributed by atoms with E-state index in [9.17, 15) is 14.4 Å². The topological polar surface area (TPSA) is 125 Å². The van der Waals surface area contributed by atoms with Crippen LogP contribution in [-0.4, -0.2) is 38.2 Å². The predicted molar refractivity (Wildman–Crippen MR) is 64.4 cm³/mol. The van der Waals surface area contributed by atoms with Gasteiger partial charge in [0.2, 0.25) is 0 Å². The fourth-order valence-electron chi connectivity index (χ4n) is 1.32. The zero-order valence-electron chi connectivity index (χ0n) is 10.3. The summed E-state index contributed by atoms with van der Waals surface area (Å²) in [6.45, 7) is 1.43. The summed E-state index contributed by atoms with van der Waals surface area (Å²) in [5.41, 5.74) is 0. The van der Waals surface area contributed by atoms with Gasteiger partial charge in [-0.2, -0.15) is 0 Å². The Hall–Kier alpha value is -2.44. The Bertz CT molecular complexity index is 379. The van der Waals surface area contributed by atoms with E-state index >= 15 is 0 Å². The summed E-state index contributed by atoms with van der Waals surface area (Å²) in [7, 11) is 0. The van der Waals surface area contributed by atoms with Gasteiger partial charge in [-0.3, -0.25) is 19.4 Å². The van der Waals surface area contributed by atoms with Gasteiger partial charge in [0.05, 0.1) is 5.92 Å². The molecule has 0 bridgehead atoms. The number of aliphatic carboxylic acids is 3. The molecule has 0 aliphatic carbocycles. The van der Waals surface area contributed by atoms with Gasteiger partial charge in [-0.05, 0) is 18.6 Å². The molecule has 1 unspecified atom stereocenters. The molecule has 0 radical (unpaired) electrons. The van der Waals surface area contributed by atoms with Gasteiger partial charge in [-0.25, -0.2) is 0 Å². The van der Waals surface area contributed by atoms with Crippen molar-refractivity contribution < 1.29 is 29.7 Å². The molecular formula is C12H15NO6. The fraction of sp³-hybridized carbons (Fsp3) is 0.333. The Labute approximate surface area is 109 Å². The first-order valence-corrected chi connectivity index (χ1v) is 5.45. The lowest BCUT2D eigenvalue weighted by molar-refractivity contribution is -0.164. The lowest BCUT2D eigenvalue weighted by Gasteiger charge is -2.13. The lowest BCUT2D eigenvalue weighted by Crippen LogP contribution is -2.35. The van der Waals surface area contributed by atoms with Crippen molar-refractivity contribution in [1.82, 2.24) is 4.98 Å². The maximum atomic E-state index is 10.5. The van der Waals surface area contributed by atoms with E-state index in [1.807, 2.05) is 18.2 Å². The zero-order valence-corrected chi connectivity index (χ0v) is 10.3. The Kier molecular flexibility index (Phi) is 7.51. The van der Waals surface area contributed by atoms with Crippen molar-refractivity contribution in [2.24, 2.45) is 11.8 Å². The first-order chi connectivity index (χ1) is 8.91. The van der Waals surface area contributed by atoms with Gasteiger partial charge in [0.25, 0.3) is 0 Å². The molecule has 19 heavy (non-hydrogen) atoms. The third-order valence-corrected chi connectivity index (χ3v) is 2.26. The molecule has 0 saturated heterocycles. The standard InChI is InChI=1S/C7H10O6.C5H5N/c1-2-3(5(8)9)4(6(10)11)7(12)13;1-2-4-6-5-3-1/h3-4H,2H2,1H3,(H,8,9)(H,10,11)(H,12,13);1-5H. The first-order valence-electron chi connectivity index (χ1n) is 5.45. The van der Waals surface area contributed by atoms with Crippen LogP contribution in [0.1, 0.15) is 13.3 Å². The third kappa shape index (κ3) is 6.16. The van der Waals surface area contributed by atoms with E-state index < -0.39 is 29.7 Å². The molecule has 0 fully saturated rings. The third-order valence-electron chi connectivity index (χ3n) is 2.26. The van der Waals surface area contributed by atoms with Crippen molar-refractivity contribution in [1.29, 1.82) is 0 Å². The van der Waals surface area contributed by atoms with Gasteiger partial charge in [0.15, 0.2) is 5.92 Å². The molecule has 1 rings (SSSR count). The molecule has 1 aromatic heterocycles. The molecule has 7 heteroatoms. The van der Waals surface area contributed by atoms with Gasteiger partial charge in [-0.15, -0.1) is 0 Å². The Morgan fingerprint density at radius 1 is 0.947 bits per heavy atom. The van der Waals surface area contributed by atoms with Gasteiger partial charge in [0, 0.05) is 12.4 Å². The number of carboxylic acids is 3. The van der Waals surface area contributed by atoms with Gasteiger partial charge in [0.1, 0.15) is 0 Å². The summed E-state index contributed by atoms with van der Waals surface area (Å²) in [6, 6.07) is 5.72. The van der Waals surface area contributed by atoms with Gasteiger partial charge < -0.3 is 15.3 Å². The van der Waals surface area contributed by atoms with Crippen LogP contribution in [0.25, 0.3) is 0 Å². The molecule has 0 amide bonds. The number of nitrogens with zero attached hydrogens (tertiary/aromatic N) is 1. The maximum absolute atomic E-state index is 10.5. The van der Waals surface area contributed by atoms with E-state index in [1.54, 1.807) is 12.4 Å².